The smallest absolute Gasteiger partial charge is 0.269 e. The molecular formula is C15H17NO2. The second-order valence-corrected chi connectivity index (χ2v) is 4.25. The number of unbranched alkanes of at least 4 members (excludes halogenated alkanes) is 1. The van der Waals surface area contributed by atoms with Gasteiger partial charge in [0.1, 0.15) is 13.0 Å². The number of hydrogen-bond acceptors (Lipinski definition) is 2. The van der Waals surface area contributed by atoms with Crippen LogP contribution >= 0.6 is 0 Å². The van der Waals surface area contributed by atoms with E-state index in [9.17, 15) is 5.11 Å². The molecule has 0 N–H and O–H groups in total. The highest BCUT2D eigenvalue weighted by molar-refractivity contribution is 5.50. The Morgan fingerprint density at radius 2 is 2.06 bits per heavy atom. The minimum Gasteiger partial charge on any atom is -0.540 e. The second kappa shape index (κ2) is 5.54. The van der Waals surface area contributed by atoms with Crippen LogP contribution in [0.4, 0.5) is 0 Å². The van der Waals surface area contributed by atoms with Crippen LogP contribution in [0.25, 0.3) is 11.5 Å². The van der Waals surface area contributed by atoms with E-state index in [1.54, 1.807) is 0 Å². The fourth-order valence-corrected chi connectivity index (χ4v) is 1.99. The largest absolute Gasteiger partial charge is 0.540 e. The number of aromatic nitrogens is 1. The lowest BCUT2D eigenvalue weighted by atomic mass is 10.2. The van der Waals surface area contributed by atoms with E-state index in [1.807, 2.05) is 48.0 Å². The van der Waals surface area contributed by atoms with E-state index in [4.69, 9.17) is 4.42 Å². The Morgan fingerprint density at radius 1 is 1.33 bits per heavy atom. The molecule has 0 saturated heterocycles. The van der Waals surface area contributed by atoms with Gasteiger partial charge in [-0.15, -0.1) is 6.58 Å². The van der Waals surface area contributed by atoms with Gasteiger partial charge in [-0.1, -0.05) is 24.3 Å². The van der Waals surface area contributed by atoms with Gasteiger partial charge in [-0.2, -0.15) is 4.57 Å². The Labute approximate surface area is 107 Å². The second-order valence-electron chi connectivity index (χ2n) is 4.25. The molecule has 0 aliphatic heterocycles. The van der Waals surface area contributed by atoms with E-state index in [1.165, 1.54) is 0 Å². The molecule has 0 atom stereocenters. The average molecular weight is 243 g/mol. The molecule has 3 heteroatoms. The SMILES string of the molecule is C=CCCCc1c([O-])oc(-c2ccccc2)[n+]1C. The van der Waals surface area contributed by atoms with Crippen LogP contribution in [0.15, 0.2) is 47.4 Å². The van der Waals surface area contributed by atoms with E-state index in [2.05, 4.69) is 6.58 Å². The quantitative estimate of drug-likeness (QED) is 0.459. The maximum absolute atomic E-state index is 11.8. The van der Waals surface area contributed by atoms with Crippen LogP contribution in [0.1, 0.15) is 18.5 Å². The zero-order chi connectivity index (χ0) is 13.0. The average Bonchev–Trinajstić information content (AvgIpc) is 2.68. The molecule has 2 aromatic rings. The zero-order valence-corrected chi connectivity index (χ0v) is 10.6. The third-order valence-electron chi connectivity index (χ3n) is 2.98. The van der Waals surface area contributed by atoms with Gasteiger partial charge in [0.15, 0.2) is 0 Å². The molecule has 0 spiro atoms. The highest BCUT2D eigenvalue weighted by Gasteiger charge is 2.18. The minimum atomic E-state index is -0.236. The number of oxazole rings is 1. The molecular weight excluding hydrogens is 226 g/mol. The van der Waals surface area contributed by atoms with Crippen molar-refractivity contribution in [3.05, 3.63) is 48.7 Å². The summed E-state index contributed by atoms with van der Waals surface area (Å²) in [5, 5.41) is 11.8. The number of nitrogens with zero attached hydrogens (tertiary/aromatic N) is 1. The van der Waals surface area contributed by atoms with Crippen molar-refractivity contribution >= 4 is 0 Å². The van der Waals surface area contributed by atoms with Crippen molar-refractivity contribution < 1.29 is 14.1 Å². The summed E-state index contributed by atoms with van der Waals surface area (Å²) in [4.78, 5) is 0. The monoisotopic (exact) mass is 243 g/mol. The summed E-state index contributed by atoms with van der Waals surface area (Å²) in [6.45, 7) is 3.68. The van der Waals surface area contributed by atoms with Crippen molar-refractivity contribution in [2.75, 3.05) is 0 Å². The van der Waals surface area contributed by atoms with Gasteiger partial charge in [-0.3, -0.25) is 0 Å². The summed E-state index contributed by atoms with van der Waals surface area (Å²) < 4.78 is 7.19. The van der Waals surface area contributed by atoms with Gasteiger partial charge >= 0.3 is 0 Å². The fourth-order valence-electron chi connectivity index (χ4n) is 1.99. The van der Waals surface area contributed by atoms with Crippen molar-refractivity contribution in [3.8, 4) is 17.4 Å². The molecule has 0 saturated carbocycles. The van der Waals surface area contributed by atoms with E-state index < -0.39 is 0 Å². The molecule has 18 heavy (non-hydrogen) atoms. The highest BCUT2D eigenvalue weighted by Crippen LogP contribution is 2.23. The Kier molecular flexibility index (Phi) is 3.82. The number of hydrogen-bond donors (Lipinski definition) is 0. The fraction of sp³-hybridized carbons (Fsp3) is 0.267. The first-order valence-electron chi connectivity index (χ1n) is 6.09. The third-order valence-corrected chi connectivity index (χ3v) is 2.98. The molecule has 1 heterocycles. The maximum Gasteiger partial charge on any atom is 0.269 e. The first-order valence-corrected chi connectivity index (χ1v) is 6.09. The van der Waals surface area contributed by atoms with Gasteiger partial charge in [-0.25, -0.2) is 0 Å². The molecule has 2 rings (SSSR count). The summed E-state index contributed by atoms with van der Waals surface area (Å²) in [7, 11) is 1.87. The van der Waals surface area contributed by atoms with Gasteiger partial charge in [0, 0.05) is 6.42 Å². The molecule has 1 aromatic carbocycles. The molecule has 0 aliphatic rings. The molecule has 3 nitrogen and oxygen atoms in total. The number of allylic oxidation sites excluding steroid dienone is 1. The van der Waals surface area contributed by atoms with Crippen LogP contribution in [0, 0.1) is 0 Å². The molecule has 0 fully saturated rings. The lowest BCUT2D eigenvalue weighted by molar-refractivity contribution is -0.670. The zero-order valence-electron chi connectivity index (χ0n) is 10.6. The first-order chi connectivity index (χ1) is 8.74. The van der Waals surface area contributed by atoms with Gasteiger partial charge in [0.25, 0.3) is 5.89 Å². The molecule has 94 valence electrons. The standard InChI is InChI=1S/C15H17NO2/c1-3-4-6-11-13-15(17)18-14(16(13)2)12-9-7-5-8-10-12/h3,5,7-10H,1,4,6,11H2,2H3. The molecule has 0 bridgehead atoms. The number of rotatable bonds is 5. The maximum atomic E-state index is 11.8. The molecule has 0 amide bonds. The Balaban J connectivity index is 2.29. The summed E-state index contributed by atoms with van der Waals surface area (Å²) in [5.41, 5.74) is 1.64. The van der Waals surface area contributed by atoms with Crippen molar-refractivity contribution in [2.45, 2.75) is 19.3 Å². The van der Waals surface area contributed by atoms with Crippen LogP contribution in [0.5, 0.6) is 5.95 Å². The van der Waals surface area contributed by atoms with E-state index in [0.29, 0.717) is 5.89 Å². The summed E-state index contributed by atoms with van der Waals surface area (Å²) in [5.74, 6) is 0.384. The van der Waals surface area contributed by atoms with E-state index in [0.717, 1.165) is 30.5 Å². The van der Waals surface area contributed by atoms with Crippen molar-refractivity contribution in [1.82, 2.24) is 0 Å². The molecule has 0 radical (unpaired) electrons. The normalized spacial score (nSPS) is 10.5. The van der Waals surface area contributed by atoms with Crippen molar-refractivity contribution in [1.29, 1.82) is 0 Å². The lowest BCUT2D eigenvalue weighted by Crippen LogP contribution is -2.33. The molecule has 0 unspecified atom stereocenters. The first kappa shape index (κ1) is 12.4. The Bertz CT molecular complexity index is 529. The predicted molar refractivity (Wildman–Crippen MR) is 67.9 cm³/mol. The van der Waals surface area contributed by atoms with Crippen LogP contribution in [-0.4, -0.2) is 0 Å². The third kappa shape index (κ3) is 2.45. The molecule has 1 aromatic heterocycles. The summed E-state index contributed by atoms with van der Waals surface area (Å²) >= 11 is 0. The number of benzene rings is 1. The summed E-state index contributed by atoms with van der Waals surface area (Å²) in [6.07, 6.45) is 4.41. The lowest BCUT2D eigenvalue weighted by Gasteiger charge is -1.97. The van der Waals surface area contributed by atoms with Crippen molar-refractivity contribution in [2.24, 2.45) is 7.05 Å². The molecule has 0 aliphatic carbocycles. The van der Waals surface area contributed by atoms with E-state index >= 15 is 0 Å². The summed E-state index contributed by atoms with van der Waals surface area (Å²) in [6, 6.07) is 9.67. The van der Waals surface area contributed by atoms with Crippen molar-refractivity contribution in [3.63, 3.8) is 0 Å². The van der Waals surface area contributed by atoms with Gasteiger partial charge < -0.3 is 9.52 Å². The van der Waals surface area contributed by atoms with Crippen LogP contribution < -0.4 is 9.67 Å². The highest BCUT2D eigenvalue weighted by atomic mass is 16.5. The van der Waals surface area contributed by atoms with E-state index in [-0.39, 0.29) is 5.95 Å². The van der Waals surface area contributed by atoms with Gasteiger partial charge in [0.2, 0.25) is 5.69 Å². The van der Waals surface area contributed by atoms with Gasteiger partial charge in [0.05, 0.1) is 5.56 Å². The Morgan fingerprint density at radius 3 is 2.72 bits per heavy atom. The minimum absolute atomic E-state index is 0.236. The van der Waals surface area contributed by atoms with Gasteiger partial charge in [-0.05, 0) is 25.0 Å². The predicted octanol–water partition coefficient (Wildman–Crippen LogP) is 2.35. The Hall–Kier alpha value is -2.03. The topological polar surface area (TPSA) is 40.1 Å². The van der Waals surface area contributed by atoms with Crippen LogP contribution in [0.2, 0.25) is 0 Å². The van der Waals surface area contributed by atoms with Crippen LogP contribution in [0.3, 0.4) is 0 Å². The van der Waals surface area contributed by atoms with Crippen LogP contribution in [-0.2, 0) is 13.5 Å².